The molecule has 1 aromatic rings. The largest absolute Gasteiger partial charge is 0.481 e. The van der Waals surface area contributed by atoms with Gasteiger partial charge in [0.25, 0.3) is 0 Å². The van der Waals surface area contributed by atoms with Gasteiger partial charge >= 0.3 is 5.97 Å². The van der Waals surface area contributed by atoms with Gasteiger partial charge in [-0.3, -0.25) is 14.4 Å². The molecule has 6 nitrogen and oxygen atoms in total. The minimum atomic E-state index is -1.03. The van der Waals surface area contributed by atoms with Gasteiger partial charge in [0.05, 0.1) is 17.8 Å². The van der Waals surface area contributed by atoms with Crippen molar-refractivity contribution in [1.82, 2.24) is 0 Å². The first kappa shape index (κ1) is 12.1. The summed E-state index contributed by atoms with van der Waals surface area (Å²) < 4.78 is 0. The summed E-state index contributed by atoms with van der Waals surface area (Å²) in [5.41, 5.74) is 1.17. The third-order valence-corrected chi connectivity index (χ3v) is 2.62. The van der Waals surface area contributed by atoms with Crippen LogP contribution in [0.2, 0.25) is 0 Å². The van der Waals surface area contributed by atoms with Crippen molar-refractivity contribution in [1.29, 1.82) is 0 Å². The fourth-order valence-electron chi connectivity index (χ4n) is 1.80. The number of rotatable bonds is 3. The summed E-state index contributed by atoms with van der Waals surface area (Å²) in [6.07, 6.45) is -0.351. The smallest absolute Gasteiger partial charge is 0.303 e. The number of carboxylic acid groups (broad SMARTS) is 1. The maximum absolute atomic E-state index is 11.9. The van der Waals surface area contributed by atoms with Crippen LogP contribution >= 0.6 is 0 Å². The van der Waals surface area contributed by atoms with Crippen LogP contribution in [0, 0.1) is 0 Å². The number of nitrogens with one attached hydrogen (secondary N) is 1. The molecule has 1 aliphatic heterocycles. The van der Waals surface area contributed by atoms with Crippen LogP contribution in [0.15, 0.2) is 24.3 Å². The molecule has 2 rings (SSSR count). The molecule has 0 fully saturated rings. The van der Waals surface area contributed by atoms with Gasteiger partial charge in [0.2, 0.25) is 11.8 Å². The molecule has 0 atom stereocenters. The summed E-state index contributed by atoms with van der Waals surface area (Å²) >= 11 is 0. The van der Waals surface area contributed by atoms with Crippen LogP contribution in [0.25, 0.3) is 0 Å². The first-order valence-corrected chi connectivity index (χ1v) is 5.49. The van der Waals surface area contributed by atoms with Gasteiger partial charge in [-0.1, -0.05) is 12.1 Å². The highest BCUT2D eigenvalue weighted by atomic mass is 16.4. The maximum Gasteiger partial charge on any atom is 0.303 e. The Labute approximate surface area is 103 Å². The third kappa shape index (κ3) is 2.48. The molecule has 2 amide bonds. The Hall–Kier alpha value is -2.37. The zero-order valence-electron chi connectivity index (χ0n) is 9.55. The Balaban J connectivity index is 2.20. The maximum atomic E-state index is 11.9. The van der Waals surface area contributed by atoms with Crippen molar-refractivity contribution in [2.24, 2.45) is 0 Å². The Morgan fingerprint density at radius 3 is 2.72 bits per heavy atom. The number of hydrogen-bond donors (Lipinski definition) is 2. The molecule has 1 heterocycles. The number of benzene rings is 1. The number of carboxylic acids is 1. The molecule has 0 aromatic heterocycles. The molecule has 2 N–H and O–H groups in total. The van der Waals surface area contributed by atoms with E-state index in [-0.39, 0.29) is 31.2 Å². The van der Waals surface area contributed by atoms with E-state index in [9.17, 15) is 14.4 Å². The van der Waals surface area contributed by atoms with Crippen LogP contribution in [0.4, 0.5) is 11.4 Å². The van der Waals surface area contributed by atoms with Crippen molar-refractivity contribution in [2.75, 3.05) is 16.8 Å². The molecule has 18 heavy (non-hydrogen) atoms. The lowest BCUT2D eigenvalue weighted by molar-refractivity contribution is -0.138. The highest BCUT2D eigenvalue weighted by molar-refractivity contribution is 6.10. The van der Waals surface area contributed by atoms with Gasteiger partial charge in [-0.2, -0.15) is 0 Å². The van der Waals surface area contributed by atoms with Crippen LogP contribution in [0.5, 0.6) is 0 Å². The number of anilines is 2. The van der Waals surface area contributed by atoms with Gasteiger partial charge in [-0.25, -0.2) is 0 Å². The van der Waals surface area contributed by atoms with Gasteiger partial charge < -0.3 is 15.3 Å². The fourth-order valence-corrected chi connectivity index (χ4v) is 1.80. The van der Waals surface area contributed by atoms with Gasteiger partial charge in [0.1, 0.15) is 6.54 Å². The number of nitrogens with zero attached hydrogens (tertiary/aromatic N) is 1. The normalized spacial score (nSPS) is 13.8. The van der Waals surface area contributed by atoms with Gasteiger partial charge in [0.15, 0.2) is 0 Å². The predicted octanol–water partition coefficient (Wildman–Crippen LogP) is 0.836. The summed E-state index contributed by atoms with van der Waals surface area (Å²) in [4.78, 5) is 35.1. The van der Waals surface area contributed by atoms with Crippen LogP contribution in [0.3, 0.4) is 0 Å². The van der Waals surface area contributed by atoms with Gasteiger partial charge in [-0.15, -0.1) is 0 Å². The molecular weight excluding hydrogens is 236 g/mol. The number of amides is 2. The quantitative estimate of drug-likeness (QED) is 0.829. The van der Waals surface area contributed by atoms with Crippen molar-refractivity contribution >= 4 is 29.2 Å². The first-order chi connectivity index (χ1) is 8.58. The second kappa shape index (κ2) is 4.87. The molecule has 0 unspecified atom stereocenters. The van der Waals surface area contributed by atoms with Crippen LogP contribution in [0.1, 0.15) is 12.8 Å². The molecule has 6 heteroatoms. The monoisotopic (exact) mass is 248 g/mol. The second-order valence-corrected chi connectivity index (χ2v) is 3.94. The molecule has 0 radical (unpaired) electrons. The van der Waals surface area contributed by atoms with Crippen molar-refractivity contribution in [2.45, 2.75) is 12.8 Å². The van der Waals surface area contributed by atoms with E-state index in [1.165, 1.54) is 4.90 Å². The summed E-state index contributed by atoms with van der Waals surface area (Å²) in [5.74, 6) is -1.67. The SMILES string of the molecule is O=C(O)CCC(=O)N1CC(=O)Nc2ccccc21. The first-order valence-electron chi connectivity index (χ1n) is 5.49. The lowest BCUT2D eigenvalue weighted by Gasteiger charge is -2.29. The standard InChI is InChI=1S/C12H12N2O4/c15-10-7-14(11(16)5-6-12(17)18)9-4-2-1-3-8(9)13-10/h1-4H,5-7H2,(H,13,15)(H,17,18). The number of fused-ring (bicyclic) bond motifs is 1. The van der Waals surface area contributed by atoms with Crippen LogP contribution in [-0.4, -0.2) is 29.4 Å². The number of aliphatic carboxylic acids is 1. The Morgan fingerprint density at radius 2 is 2.00 bits per heavy atom. The van der Waals surface area contributed by atoms with E-state index in [0.29, 0.717) is 11.4 Å². The molecule has 0 spiro atoms. The van der Waals surface area contributed by atoms with Crippen molar-refractivity contribution in [3.05, 3.63) is 24.3 Å². The Kier molecular flexibility index (Phi) is 3.27. The average molecular weight is 248 g/mol. The Bertz CT molecular complexity index is 513. The second-order valence-electron chi connectivity index (χ2n) is 3.94. The number of para-hydroxylation sites is 2. The van der Waals surface area contributed by atoms with Crippen molar-refractivity contribution in [3.63, 3.8) is 0 Å². The summed E-state index contributed by atoms with van der Waals surface area (Å²) in [6.45, 7) is -0.0739. The molecule has 1 aliphatic rings. The summed E-state index contributed by atoms with van der Waals surface area (Å²) in [7, 11) is 0. The molecular formula is C12H12N2O4. The molecule has 1 aromatic carbocycles. The number of carbonyl (C=O) groups excluding carboxylic acids is 2. The van der Waals surface area contributed by atoms with E-state index >= 15 is 0 Å². The van der Waals surface area contributed by atoms with E-state index in [1.54, 1.807) is 24.3 Å². The Morgan fingerprint density at radius 1 is 1.28 bits per heavy atom. The minimum absolute atomic E-state index is 0.0739. The number of hydrogen-bond acceptors (Lipinski definition) is 3. The number of carbonyl (C=O) groups is 3. The lowest BCUT2D eigenvalue weighted by atomic mass is 10.1. The zero-order valence-corrected chi connectivity index (χ0v) is 9.55. The summed E-state index contributed by atoms with van der Waals surface area (Å²) in [6, 6.07) is 6.93. The van der Waals surface area contributed by atoms with E-state index in [4.69, 9.17) is 5.11 Å². The summed E-state index contributed by atoms with van der Waals surface area (Å²) in [5, 5.41) is 11.2. The molecule has 0 bridgehead atoms. The third-order valence-electron chi connectivity index (χ3n) is 2.62. The van der Waals surface area contributed by atoms with Crippen LogP contribution in [-0.2, 0) is 14.4 Å². The lowest BCUT2D eigenvalue weighted by Crippen LogP contribution is -2.42. The average Bonchev–Trinajstić information content (AvgIpc) is 2.34. The predicted molar refractivity (Wildman–Crippen MR) is 64.3 cm³/mol. The molecule has 0 saturated carbocycles. The van der Waals surface area contributed by atoms with Crippen molar-refractivity contribution < 1.29 is 19.5 Å². The topological polar surface area (TPSA) is 86.7 Å². The van der Waals surface area contributed by atoms with Gasteiger partial charge in [-0.05, 0) is 12.1 Å². The van der Waals surface area contributed by atoms with Gasteiger partial charge in [0, 0.05) is 6.42 Å². The minimum Gasteiger partial charge on any atom is -0.481 e. The van der Waals surface area contributed by atoms with Crippen molar-refractivity contribution in [3.8, 4) is 0 Å². The zero-order chi connectivity index (χ0) is 13.1. The van der Waals surface area contributed by atoms with E-state index in [0.717, 1.165) is 0 Å². The highest BCUT2D eigenvalue weighted by Crippen LogP contribution is 2.29. The van der Waals surface area contributed by atoms with Crippen LogP contribution < -0.4 is 10.2 Å². The molecule has 0 saturated heterocycles. The molecule has 94 valence electrons. The fraction of sp³-hybridized carbons (Fsp3) is 0.250. The van der Waals surface area contributed by atoms with E-state index in [2.05, 4.69) is 5.32 Å². The molecule has 0 aliphatic carbocycles. The highest BCUT2D eigenvalue weighted by Gasteiger charge is 2.26. The van der Waals surface area contributed by atoms with E-state index in [1.807, 2.05) is 0 Å². The van der Waals surface area contributed by atoms with E-state index < -0.39 is 5.97 Å².